The Labute approximate surface area is 138 Å². The number of nitrogens with one attached hydrogen (secondary N) is 1. The number of carbonyl (C=O) groups is 1. The van der Waals surface area contributed by atoms with Gasteiger partial charge in [0, 0.05) is 6.04 Å². The molecule has 23 heavy (non-hydrogen) atoms. The molecule has 128 valence electrons. The quantitative estimate of drug-likeness (QED) is 0.715. The number of carboxylic acid groups (broad SMARTS) is 1. The second-order valence-corrected chi connectivity index (χ2v) is 7.68. The lowest BCUT2D eigenvalue weighted by atomic mass is 9.77. The van der Waals surface area contributed by atoms with Gasteiger partial charge in [-0.25, -0.2) is 22.3 Å². The molecule has 0 saturated heterocycles. The summed E-state index contributed by atoms with van der Waals surface area (Å²) in [6.07, 6.45) is 0.983. The normalized spacial score (nSPS) is 22.4. The molecular weight excluding hydrogens is 349 g/mol. The third kappa shape index (κ3) is 3.82. The van der Waals surface area contributed by atoms with Crippen molar-refractivity contribution in [2.75, 3.05) is 0 Å². The molecule has 9 heteroatoms. The van der Waals surface area contributed by atoms with Crippen molar-refractivity contribution in [2.24, 2.45) is 5.92 Å². The first-order valence-corrected chi connectivity index (χ1v) is 8.94. The van der Waals surface area contributed by atoms with Gasteiger partial charge in [-0.05, 0) is 37.3 Å². The van der Waals surface area contributed by atoms with Crippen LogP contribution >= 0.6 is 11.6 Å². The largest absolute Gasteiger partial charge is 0.478 e. The standard InChI is InChI=1S/C14H17ClFNO5S/c1-2-12(7-3-8(18)4-7)17-23(21,22)13-5-9(14(19)20)10(15)6-11(13)16/h5-8,12,17-18H,2-4H2,1H3,(H,19,20)/t7?,8?,12-/m0/s1. The van der Waals surface area contributed by atoms with Gasteiger partial charge in [-0.2, -0.15) is 0 Å². The molecule has 0 aliphatic heterocycles. The molecular formula is C14H17ClFNO5S. The molecule has 6 nitrogen and oxygen atoms in total. The van der Waals surface area contributed by atoms with Crippen LogP contribution in [0, 0.1) is 11.7 Å². The van der Waals surface area contributed by atoms with Crippen molar-refractivity contribution in [2.45, 2.75) is 43.2 Å². The van der Waals surface area contributed by atoms with Crippen LogP contribution in [-0.4, -0.2) is 36.7 Å². The van der Waals surface area contributed by atoms with Crippen LogP contribution < -0.4 is 4.72 Å². The van der Waals surface area contributed by atoms with Crippen LogP contribution in [0.25, 0.3) is 0 Å². The van der Waals surface area contributed by atoms with Gasteiger partial charge in [0.05, 0.1) is 16.7 Å². The number of rotatable bonds is 6. The van der Waals surface area contributed by atoms with E-state index in [1.165, 1.54) is 0 Å². The highest BCUT2D eigenvalue weighted by Gasteiger charge is 2.36. The highest BCUT2D eigenvalue weighted by atomic mass is 35.5. The number of benzene rings is 1. The third-order valence-electron chi connectivity index (χ3n) is 4.01. The van der Waals surface area contributed by atoms with Crippen molar-refractivity contribution in [1.82, 2.24) is 4.72 Å². The molecule has 0 bridgehead atoms. The Morgan fingerprint density at radius 3 is 2.57 bits per heavy atom. The maximum atomic E-state index is 14.0. The van der Waals surface area contributed by atoms with Crippen LogP contribution in [0.1, 0.15) is 36.5 Å². The van der Waals surface area contributed by atoms with E-state index in [9.17, 15) is 22.7 Å². The minimum Gasteiger partial charge on any atom is -0.478 e. The SMILES string of the molecule is CC[C@H](NS(=O)(=O)c1cc(C(=O)O)c(Cl)cc1F)C1CC(O)C1. The molecule has 1 saturated carbocycles. The van der Waals surface area contributed by atoms with E-state index in [-0.39, 0.29) is 10.9 Å². The van der Waals surface area contributed by atoms with Gasteiger partial charge in [-0.3, -0.25) is 0 Å². The number of aliphatic hydroxyl groups excluding tert-OH is 1. The minimum atomic E-state index is -4.24. The second-order valence-electron chi connectivity index (χ2n) is 5.59. The number of aliphatic hydroxyl groups is 1. The Balaban J connectivity index is 2.32. The molecule has 1 atom stereocenters. The van der Waals surface area contributed by atoms with Gasteiger partial charge >= 0.3 is 5.97 Å². The first-order chi connectivity index (χ1) is 10.7. The lowest BCUT2D eigenvalue weighted by molar-refractivity contribution is 0.0277. The van der Waals surface area contributed by atoms with E-state index in [0.717, 1.165) is 0 Å². The highest BCUT2D eigenvalue weighted by Crippen LogP contribution is 2.32. The van der Waals surface area contributed by atoms with Crippen molar-refractivity contribution in [3.8, 4) is 0 Å². The van der Waals surface area contributed by atoms with Crippen LogP contribution in [0.3, 0.4) is 0 Å². The van der Waals surface area contributed by atoms with Crippen LogP contribution in [0.5, 0.6) is 0 Å². The summed E-state index contributed by atoms with van der Waals surface area (Å²) < 4.78 is 41.1. The summed E-state index contributed by atoms with van der Waals surface area (Å²) in [7, 11) is -4.24. The molecule has 1 aliphatic carbocycles. The van der Waals surface area contributed by atoms with Crippen LogP contribution in [0.2, 0.25) is 5.02 Å². The van der Waals surface area contributed by atoms with Gasteiger partial charge in [0.1, 0.15) is 10.7 Å². The predicted molar refractivity (Wildman–Crippen MR) is 81.5 cm³/mol. The summed E-state index contributed by atoms with van der Waals surface area (Å²) in [5, 5.41) is 18.0. The number of hydrogen-bond acceptors (Lipinski definition) is 4. The number of halogens is 2. The zero-order valence-electron chi connectivity index (χ0n) is 12.3. The average Bonchev–Trinajstić information content (AvgIpc) is 2.40. The van der Waals surface area contributed by atoms with E-state index < -0.39 is 44.4 Å². The summed E-state index contributed by atoms with van der Waals surface area (Å²) in [5.41, 5.74) is -0.486. The predicted octanol–water partition coefficient (Wildman–Crippen LogP) is 2.01. The van der Waals surface area contributed by atoms with Crippen LogP contribution in [-0.2, 0) is 10.0 Å². The van der Waals surface area contributed by atoms with Crippen molar-refractivity contribution >= 4 is 27.6 Å². The number of hydrogen-bond donors (Lipinski definition) is 3. The lowest BCUT2D eigenvalue weighted by Crippen LogP contribution is -2.46. The smallest absolute Gasteiger partial charge is 0.337 e. The van der Waals surface area contributed by atoms with Crippen molar-refractivity contribution in [1.29, 1.82) is 0 Å². The van der Waals surface area contributed by atoms with Gasteiger partial charge in [0.25, 0.3) is 0 Å². The Morgan fingerprint density at radius 2 is 2.09 bits per heavy atom. The Morgan fingerprint density at radius 1 is 1.48 bits per heavy atom. The van der Waals surface area contributed by atoms with Crippen LogP contribution in [0.4, 0.5) is 4.39 Å². The molecule has 1 aliphatic rings. The van der Waals surface area contributed by atoms with E-state index in [0.29, 0.717) is 31.4 Å². The minimum absolute atomic E-state index is 0.0286. The van der Waals surface area contributed by atoms with Crippen molar-refractivity contribution in [3.63, 3.8) is 0 Å². The fourth-order valence-electron chi connectivity index (χ4n) is 2.63. The molecule has 0 amide bonds. The van der Waals surface area contributed by atoms with E-state index in [1.54, 1.807) is 6.92 Å². The molecule has 3 N–H and O–H groups in total. The fourth-order valence-corrected chi connectivity index (χ4v) is 4.34. The summed E-state index contributed by atoms with van der Waals surface area (Å²) in [4.78, 5) is 10.3. The molecule has 0 unspecified atom stereocenters. The second kappa shape index (κ2) is 6.72. The molecule has 0 aromatic heterocycles. The van der Waals surface area contributed by atoms with E-state index >= 15 is 0 Å². The van der Waals surface area contributed by atoms with Crippen molar-refractivity contribution < 1.29 is 27.8 Å². The first kappa shape index (κ1) is 18.1. The highest BCUT2D eigenvalue weighted by molar-refractivity contribution is 7.89. The van der Waals surface area contributed by atoms with Gasteiger partial charge in [-0.1, -0.05) is 18.5 Å². The van der Waals surface area contributed by atoms with E-state index in [2.05, 4.69) is 4.72 Å². The Kier molecular flexibility index (Phi) is 5.30. The monoisotopic (exact) mass is 365 g/mol. The number of aromatic carboxylic acids is 1. The van der Waals surface area contributed by atoms with Gasteiger partial charge in [0.2, 0.25) is 10.0 Å². The van der Waals surface area contributed by atoms with Gasteiger partial charge in [0.15, 0.2) is 0 Å². The van der Waals surface area contributed by atoms with Gasteiger partial charge in [-0.15, -0.1) is 0 Å². The molecule has 0 spiro atoms. The third-order valence-corrected chi connectivity index (χ3v) is 5.82. The lowest BCUT2D eigenvalue weighted by Gasteiger charge is -2.37. The van der Waals surface area contributed by atoms with Gasteiger partial charge < -0.3 is 10.2 Å². The average molecular weight is 366 g/mol. The Bertz CT molecular complexity index is 718. The zero-order chi connectivity index (χ0) is 17.4. The van der Waals surface area contributed by atoms with E-state index in [4.69, 9.17) is 16.7 Å². The van der Waals surface area contributed by atoms with E-state index in [1.807, 2.05) is 0 Å². The maximum Gasteiger partial charge on any atom is 0.337 e. The summed E-state index contributed by atoms with van der Waals surface area (Å²) >= 11 is 5.61. The molecule has 1 aromatic rings. The Hall–Kier alpha value is -1.22. The number of carboxylic acids is 1. The zero-order valence-corrected chi connectivity index (χ0v) is 13.9. The van der Waals surface area contributed by atoms with Crippen molar-refractivity contribution in [3.05, 3.63) is 28.5 Å². The molecule has 0 heterocycles. The fraction of sp³-hybridized carbons (Fsp3) is 0.500. The summed E-state index contributed by atoms with van der Waals surface area (Å²) in [5.74, 6) is -2.59. The van der Waals surface area contributed by atoms with Crippen LogP contribution in [0.15, 0.2) is 17.0 Å². The number of sulfonamides is 1. The molecule has 2 rings (SSSR count). The topological polar surface area (TPSA) is 104 Å². The maximum absolute atomic E-state index is 14.0. The first-order valence-electron chi connectivity index (χ1n) is 7.08. The molecule has 0 radical (unpaired) electrons. The molecule has 1 aromatic carbocycles. The summed E-state index contributed by atoms with van der Waals surface area (Å²) in [6.45, 7) is 1.78. The molecule has 1 fully saturated rings. The summed E-state index contributed by atoms with van der Waals surface area (Å²) in [6, 6.07) is 0.935.